The fourth-order valence-electron chi connectivity index (χ4n) is 5.06. The Labute approximate surface area is 211 Å². The summed E-state index contributed by atoms with van der Waals surface area (Å²) < 4.78 is 0. The number of nitrogens with one attached hydrogen (secondary N) is 1. The number of amides is 1. The monoisotopic (exact) mass is 502 g/mol. The molecule has 0 spiro atoms. The zero-order chi connectivity index (χ0) is 26.4. The van der Waals surface area contributed by atoms with Crippen molar-refractivity contribution >= 4 is 17.8 Å². The molecular weight excluding hydrogens is 464 g/mol. The van der Waals surface area contributed by atoms with Gasteiger partial charge in [0.15, 0.2) is 0 Å². The van der Waals surface area contributed by atoms with Crippen molar-refractivity contribution in [3.63, 3.8) is 0 Å². The first-order valence-corrected chi connectivity index (χ1v) is 12.8. The van der Waals surface area contributed by atoms with Crippen LogP contribution in [0.1, 0.15) is 82.6 Å². The first kappa shape index (κ1) is 29.0. The van der Waals surface area contributed by atoms with Crippen LogP contribution < -0.4 is 5.32 Å². The van der Waals surface area contributed by atoms with Crippen molar-refractivity contribution in [2.75, 3.05) is 6.54 Å². The standard InChI is InChI=1S/C26H38N4O6/c27-30-28-16-8-4-2-1-3-5-9-20(23(32)33)18-26(14-6-7-15-26)25(36)29-22(24(34)35)17-19-10-12-21(31)13-11-19/h10-13,20,22,31H,1-9,14-18H2,(H,29,36)(H,32,33)(H,34,35)/t20?,22-/m0/s1. The zero-order valence-electron chi connectivity index (χ0n) is 20.8. The Bertz CT molecular complexity index is 908. The van der Waals surface area contributed by atoms with Crippen LogP contribution in [0.5, 0.6) is 5.75 Å². The van der Waals surface area contributed by atoms with E-state index in [2.05, 4.69) is 15.3 Å². The number of carboxylic acids is 2. The van der Waals surface area contributed by atoms with Gasteiger partial charge >= 0.3 is 11.9 Å². The number of unbranched alkanes of at least 4 members (excludes halogenated alkanes) is 5. The lowest BCUT2D eigenvalue weighted by Crippen LogP contribution is -2.49. The Balaban J connectivity index is 1.93. The minimum absolute atomic E-state index is 0.0721. The molecule has 4 N–H and O–H groups in total. The van der Waals surface area contributed by atoms with E-state index in [4.69, 9.17) is 5.53 Å². The molecule has 0 saturated heterocycles. The molecule has 1 saturated carbocycles. The number of hydrogen-bond acceptors (Lipinski definition) is 5. The van der Waals surface area contributed by atoms with Gasteiger partial charge in [0.25, 0.3) is 0 Å². The summed E-state index contributed by atoms with van der Waals surface area (Å²) in [7, 11) is 0. The summed E-state index contributed by atoms with van der Waals surface area (Å²) in [5.41, 5.74) is 8.08. The number of phenolic OH excluding ortho intramolecular Hbond substituents is 1. The molecule has 0 heterocycles. The molecule has 36 heavy (non-hydrogen) atoms. The van der Waals surface area contributed by atoms with Crippen LogP contribution >= 0.6 is 0 Å². The predicted molar refractivity (Wildman–Crippen MR) is 134 cm³/mol. The van der Waals surface area contributed by atoms with Crippen LogP contribution in [0.2, 0.25) is 0 Å². The van der Waals surface area contributed by atoms with Gasteiger partial charge in [-0.25, -0.2) is 4.79 Å². The van der Waals surface area contributed by atoms with Gasteiger partial charge in [0, 0.05) is 17.9 Å². The zero-order valence-corrected chi connectivity index (χ0v) is 20.8. The van der Waals surface area contributed by atoms with Crippen molar-refractivity contribution in [3.05, 3.63) is 40.3 Å². The van der Waals surface area contributed by atoms with Crippen molar-refractivity contribution in [3.8, 4) is 5.75 Å². The quantitative estimate of drug-likeness (QED) is 0.0986. The van der Waals surface area contributed by atoms with Crippen molar-refractivity contribution in [1.82, 2.24) is 5.32 Å². The van der Waals surface area contributed by atoms with Crippen molar-refractivity contribution in [2.24, 2.45) is 16.4 Å². The van der Waals surface area contributed by atoms with Crippen LogP contribution in [0.4, 0.5) is 0 Å². The predicted octanol–water partition coefficient (Wildman–Crippen LogP) is 5.20. The van der Waals surface area contributed by atoms with Crippen molar-refractivity contribution in [1.29, 1.82) is 0 Å². The normalized spacial score (nSPS) is 16.0. The Morgan fingerprint density at radius 3 is 2.17 bits per heavy atom. The van der Waals surface area contributed by atoms with Gasteiger partial charge in [-0.1, -0.05) is 62.2 Å². The number of hydrogen-bond donors (Lipinski definition) is 4. The van der Waals surface area contributed by atoms with Crippen LogP contribution in [0, 0.1) is 11.3 Å². The smallest absolute Gasteiger partial charge is 0.326 e. The topological polar surface area (TPSA) is 173 Å². The molecule has 1 aliphatic rings. The summed E-state index contributed by atoms with van der Waals surface area (Å²) in [6, 6.07) is 5.03. The Hall–Kier alpha value is -3.26. The van der Waals surface area contributed by atoms with E-state index in [-0.39, 0.29) is 24.5 Å². The summed E-state index contributed by atoms with van der Waals surface area (Å²) in [5, 5.41) is 35.2. The first-order valence-electron chi connectivity index (χ1n) is 12.8. The third-order valence-electron chi connectivity index (χ3n) is 7.13. The number of phenols is 1. The van der Waals surface area contributed by atoms with E-state index in [0.29, 0.717) is 31.4 Å². The van der Waals surface area contributed by atoms with E-state index in [0.717, 1.165) is 51.4 Å². The van der Waals surface area contributed by atoms with E-state index in [1.54, 1.807) is 12.1 Å². The molecule has 2 atom stereocenters. The number of carbonyl (C=O) groups excluding carboxylic acids is 1. The van der Waals surface area contributed by atoms with Gasteiger partial charge in [-0.05, 0) is 55.3 Å². The van der Waals surface area contributed by atoms with Gasteiger partial charge in [0.05, 0.1) is 11.3 Å². The Morgan fingerprint density at radius 2 is 1.58 bits per heavy atom. The Morgan fingerprint density at radius 1 is 0.972 bits per heavy atom. The molecule has 1 aliphatic carbocycles. The number of rotatable bonds is 17. The molecule has 0 radical (unpaired) electrons. The molecular formula is C26H38N4O6. The number of benzene rings is 1. The van der Waals surface area contributed by atoms with Crippen LogP contribution in [0.15, 0.2) is 29.4 Å². The summed E-state index contributed by atoms with van der Waals surface area (Å²) in [4.78, 5) is 40.0. The fraction of sp³-hybridized carbons (Fsp3) is 0.654. The van der Waals surface area contributed by atoms with Gasteiger partial charge in [-0.3, -0.25) is 9.59 Å². The third kappa shape index (κ3) is 9.41. The molecule has 10 heteroatoms. The second-order valence-corrected chi connectivity index (χ2v) is 9.83. The highest BCUT2D eigenvalue weighted by Gasteiger charge is 2.45. The Kier molecular flexibility index (Phi) is 12.1. The summed E-state index contributed by atoms with van der Waals surface area (Å²) in [5.74, 6) is -3.03. The molecule has 10 nitrogen and oxygen atoms in total. The average Bonchev–Trinajstić information content (AvgIpc) is 3.33. The van der Waals surface area contributed by atoms with Crippen LogP contribution in [0.25, 0.3) is 10.4 Å². The van der Waals surface area contributed by atoms with E-state index >= 15 is 0 Å². The molecule has 0 aliphatic heterocycles. The first-order chi connectivity index (χ1) is 17.3. The summed E-state index contributed by atoms with van der Waals surface area (Å²) >= 11 is 0. The highest BCUT2D eigenvalue weighted by atomic mass is 16.4. The number of carboxylic acid groups (broad SMARTS) is 2. The van der Waals surface area contributed by atoms with Crippen molar-refractivity contribution in [2.45, 2.75) is 89.5 Å². The molecule has 1 unspecified atom stereocenters. The average molecular weight is 503 g/mol. The lowest BCUT2D eigenvalue weighted by Gasteiger charge is -2.32. The fourth-order valence-corrected chi connectivity index (χ4v) is 5.06. The second-order valence-electron chi connectivity index (χ2n) is 9.83. The minimum Gasteiger partial charge on any atom is -0.508 e. The van der Waals surface area contributed by atoms with Crippen LogP contribution in [0.3, 0.4) is 0 Å². The molecule has 1 aromatic carbocycles. The number of nitrogens with zero attached hydrogens (tertiary/aromatic N) is 3. The molecule has 1 fully saturated rings. The van der Waals surface area contributed by atoms with Gasteiger partial charge < -0.3 is 20.6 Å². The van der Waals surface area contributed by atoms with E-state index in [9.17, 15) is 29.7 Å². The van der Waals surface area contributed by atoms with Gasteiger partial charge in [-0.2, -0.15) is 0 Å². The maximum atomic E-state index is 13.4. The second kappa shape index (κ2) is 15.0. The lowest BCUT2D eigenvalue weighted by atomic mass is 9.75. The van der Waals surface area contributed by atoms with Crippen LogP contribution in [-0.2, 0) is 20.8 Å². The van der Waals surface area contributed by atoms with E-state index in [1.807, 2.05) is 0 Å². The third-order valence-corrected chi connectivity index (χ3v) is 7.13. The lowest BCUT2D eigenvalue weighted by molar-refractivity contribution is -0.147. The maximum absolute atomic E-state index is 13.4. The van der Waals surface area contributed by atoms with E-state index < -0.39 is 29.3 Å². The molecule has 0 aromatic heterocycles. The van der Waals surface area contributed by atoms with Crippen LogP contribution in [-0.4, -0.2) is 45.8 Å². The van der Waals surface area contributed by atoms with Gasteiger partial charge in [0.1, 0.15) is 11.8 Å². The van der Waals surface area contributed by atoms with Crippen molar-refractivity contribution < 1.29 is 29.7 Å². The summed E-state index contributed by atoms with van der Waals surface area (Å²) in [6.45, 7) is 0.499. The molecule has 1 amide bonds. The number of aromatic hydroxyl groups is 1. The van der Waals surface area contributed by atoms with E-state index in [1.165, 1.54) is 12.1 Å². The molecule has 0 bridgehead atoms. The number of carbonyl (C=O) groups is 3. The SMILES string of the molecule is [N-]=[N+]=NCCCCCCCCC(CC1(C(=O)N[C@@H](Cc2ccc(O)cc2)C(=O)O)CCCC1)C(=O)O. The van der Waals surface area contributed by atoms with Gasteiger partial charge in [-0.15, -0.1) is 0 Å². The molecule has 198 valence electrons. The minimum atomic E-state index is -1.15. The highest BCUT2D eigenvalue weighted by Crippen LogP contribution is 2.44. The largest absolute Gasteiger partial charge is 0.508 e. The summed E-state index contributed by atoms with van der Waals surface area (Å²) in [6.07, 6.45) is 8.96. The molecule has 2 rings (SSSR count). The number of azide groups is 1. The molecule has 1 aromatic rings. The maximum Gasteiger partial charge on any atom is 0.326 e. The highest BCUT2D eigenvalue weighted by molar-refractivity contribution is 5.88. The number of aliphatic carboxylic acids is 2. The van der Waals surface area contributed by atoms with Gasteiger partial charge in [0.2, 0.25) is 5.91 Å².